The molecule has 1 fully saturated rings. The first-order valence-electron chi connectivity index (χ1n) is 12.0. The molecule has 1 aliphatic rings. The number of benzene rings is 2. The number of aromatic nitrogens is 2. The molecule has 0 unspecified atom stereocenters. The summed E-state index contributed by atoms with van der Waals surface area (Å²) in [7, 11) is 0. The summed E-state index contributed by atoms with van der Waals surface area (Å²) in [4.78, 5) is 19.4. The van der Waals surface area contributed by atoms with Crippen LogP contribution in [0, 0.1) is 17.7 Å². The Morgan fingerprint density at radius 1 is 1.12 bits per heavy atom. The number of rotatable bonds is 11. The van der Waals surface area contributed by atoms with E-state index in [1.54, 1.807) is 24.7 Å². The van der Waals surface area contributed by atoms with E-state index in [1.165, 1.54) is 17.7 Å². The average molecular weight is 465 g/mol. The van der Waals surface area contributed by atoms with Crippen LogP contribution in [0.3, 0.4) is 0 Å². The first-order chi connectivity index (χ1) is 16.7. The van der Waals surface area contributed by atoms with Crippen molar-refractivity contribution in [2.45, 2.75) is 25.8 Å². The number of hydrogen-bond donors (Lipinski definition) is 1. The second kappa shape index (κ2) is 12.3. The van der Waals surface area contributed by atoms with E-state index in [4.69, 9.17) is 4.74 Å². The lowest BCUT2D eigenvalue weighted by atomic mass is 9.88. The summed E-state index contributed by atoms with van der Waals surface area (Å²) in [6.07, 6.45) is 8.05. The summed E-state index contributed by atoms with van der Waals surface area (Å²) in [5, 5.41) is 3.12. The minimum Gasteiger partial charge on any atom is -0.493 e. The number of halogens is 1. The SMILES string of the molecule is O=C(NCCCn1ccnc1)[C@@H]1C[C@H](COc2cccc(F)c2)CN(CCc2ccccc2)C1. The predicted octanol–water partition coefficient (Wildman–Crippen LogP) is 3.79. The number of amides is 1. The van der Waals surface area contributed by atoms with Crippen molar-refractivity contribution in [1.29, 1.82) is 0 Å². The molecular formula is C27H33FN4O2. The number of imidazole rings is 1. The van der Waals surface area contributed by atoms with Crippen molar-refractivity contribution < 1.29 is 13.9 Å². The molecule has 3 aromatic rings. The van der Waals surface area contributed by atoms with Crippen LogP contribution in [0.15, 0.2) is 73.3 Å². The largest absolute Gasteiger partial charge is 0.493 e. The Balaban J connectivity index is 1.31. The van der Waals surface area contributed by atoms with E-state index in [1.807, 2.05) is 16.8 Å². The number of nitrogens with one attached hydrogen (secondary N) is 1. The molecule has 2 heterocycles. The third-order valence-corrected chi connectivity index (χ3v) is 6.28. The van der Waals surface area contributed by atoms with Crippen LogP contribution in [0.5, 0.6) is 5.75 Å². The lowest BCUT2D eigenvalue weighted by molar-refractivity contribution is -0.127. The van der Waals surface area contributed by atoms with Gasteiger partial charge in [-0.1, -0.05) is 36.4 Å². The highest BCUT2D eigenvalue weighted by molar-refractivity contribution is 5.79. The standard InChI is InChI=1S/C27H33FN4O2/c28-25-8-4-9-26(17-25)34-20-23-16-24(27(33)30-11-5-13-31-15-12-29-21-31)19-32(18-23)14-10-22-6-2-1-3-7-22/h1-4,6-9,12,15,17,21,23-24H,5,10-11,13-14,16,18-20H2,(H,30,33)/t23-,24+/m0/s1. The van der Waals surface area contributed by atoms with Crippen LogP contribution in [0.25, 0.3) is 0 Å². The van der Waals surface area contributed by atoms with Gasteiger partial charge in [0.05, 0.1) is 18.9 Å². The van der Waals surface area contributed by atoms with Crippen molar-refractivity contribution in [2.24, 2.45) is 11.8 Å². The second-order valence-electron chi connectivity index (χ2n) is 9.01. The monoisotopic (exact) mass is 464 g/mol. The van der Waals surface area contributed by atoms with Crippen molar-refractivity contribution in [3.8, 4) is 5.75 Å². The molecule has 180 valence electrons. The summed E-state index contributed by atoms with van der Waals surface area (Å²) in [6.45, 7) is 4.45. The first-order valence-corrected chi connectivity index (χ1v) is 12.0. The average Bonchev–Trinajstić information content (AvgIpc) is 3.38. The Kier molecular flexibility index (Phi) is 8.68. The van der Waals surface area contributed by atoms with Gasteiger partial charge >= 0.3 is 0 Å². The molecule has 0 aliphatic carbocycles. The summed E-state index contributed by atoms with van der Waals surface area (Å²) in [5.41, 5.74) is 1.29. The number of carbonyl (C=O) groups excluding carboxylic acids is 1. The molecule has 0 saturated carbocycles. The van der Waals surface area contributed by atoms with Gasteiger partial charge in [0.15, 0.2) is 0 Å². The Labute approximate surface area is 200 Å². The van der Waals surface area contributed by atoms with E-state index < -0.39 is 0 Å². The van der Waals surface area contributed by atoms with E-state index in [0.29, 0.717) is 18.9 Å². The molecule has 1 amide bonds. The van der Waals surface area contributed by atoms with Crippen molar-refractivity contribution in [3.63, 3.8) is 0 Å². The molecule has 7 heteroatoms. The van der Waals surface area contributed by atoms with Crippen molar-refractivity contribution >= 4 is 5.91 Å². The van der Waals surface area contributed by atoms with Gasteiger partial charge in [-0.15, -0.1) is 0 Å². The fourth-order valence-corrected chi connectivity index (χ4v) is 4.54. The molecule has 2 atom stereocenters. The summed E-state index contributed by atoms with van der Waals surface area (Å²) >= 11 is 0. The van der Waals surface area contributed by atoms with Gasteiger partial charge in [-0.05, 0) is 37.0 Å². The smallest absolute Gasteiger partial charge is 0.224 e. The minimum absolute atomic E-state index is 0.0844. The maximum absolute atomic E-state index is 13.5. The third-order valence-electron chi connectivity index (χ3n) is 6.28. The quantitative estimate of drug-likeness (QED) is 0.439. The molecule has 4 rings (SSSR count). The summed E-state index contributed by atoms with van der Waals surface area (Å²) in [6, 6.07) is 16.6. The predicted molar refractivity (Wildman–Crippen MR) is 130 cm³/mol. The molecule has 0 radical (unpaired) electrons. The molecule has 1 N–H and O–H groups in total. The maximum atomic E-state index is 13.5. The van der Waals surface area contributed by atoms with Gasteiger partial charge in [0.1, 0.15) is 11.6 Å². The van der Waals surface area contributed by atoms with Crippen LogP contribution in [0.2, 0.25) is 0 Å². The van der Waals surface area contributed by atoms with Gasteiger partial charge in [-0.25, -0.2) is 9.37 Å². The van der Waals surface area contributed by atoms with Crippen molar-refractivity contribution in [3.05, 3.63) is 84.7 Å². The number of carbonyl (C=O) groups is 1. The molecule has 6 nitrogen and oxygen atoms in total. The van der Waals surface area contributed by atoms with E-state index in [-0.39, 0.29) is 23.6 Å². The zero-order valence-electron chi connectivity index (χ0n) is 19.5. The topological polar surface area (TPSA) is 59.4 Å². The number of aryl methyl sites for hydroxylation is 1. The van der Waals surface area contributed by atoms with Crippen LogP contribution < -0.4 is 10.1 Å². The van der Waals surface area contributed by atoms with Crippen LogP contribution in [-0.2, 0) is 17.8 Å². The molecule has 0 spiro atoms. The number of piperidine rings is 1. The van der Waals surface area contributed by atoms with Crippen LogP contribution in [0.1, 0.15) is 18.4 Å². The van der Waals surface area contributed by atoms with Crippen LogP contribution in [-0.4, -0.2) is 53.1 Å². The lowest BCUT2D eigenvalue weighted by Crippen LogP contribution is -2.48. The van der Waals surface area contributed by atoms with E-state index >= 15 is 0 Å². The van der Waals surface area contributed by atoms with Gasteiger partial charge in [-0.3, -0.25) is 4.79 Å². The zero-order chi connectivity index (χ0) is 23.6. The van der Waals surface area contributed by atoms with Gasteiger partial charge in [0.2, 0.25) is 5.91 Å². The Morgan fingerprint density at radius 3 is 2.79 bits per heavy atom. The lowest BCUT2D eigenvalue weighted by Gasteiger charge is -2.37. The normalized spacial score (nSPS) is 18.5. The minimum atomic E-state index is -0.307. The molecule has 1 aromatic heterocycles. The van der Waals surface area contributed by atoms with Crippen LogP contribution in [0.4, 0.5) is 4.39 Å². The number of hydrogen-bond acceptors (Lipinski definition) is 4. The van der Waals surface area contributed by atoms with Crippen molar-refractivity contribution in [2.75, 3.05) is 32.8 Å². The van der Waals surface area contributed by atoms with Crippen molar-refractivity contribution in [1.82, 2.24) is 19.8 Å². The molecule has 34 heavy (non-hydrogen) atoms. The summed E-state index contributed by atoms with van der Waals surface area (Å²) < 4.78 is 21.4. The van der Waals surface area contributed by atoms with E-state index in [0.717, 1.165) is 45.4 Å². The van der Waals surface area contributed by atoms with Gasteiger partial charge in [0.25, 0.3) is 0 Å². The fraction of sp³-hybridized carbons (Fsp3) is 0.407. The van der Waals surface area contributed by atoms with E-state index in [2.05, 4.69) is 39.5 Å². The number of ether oxygens (including phenoxy) is 1. The zero-order valence-corrected chi connectivity index (χ0v) is 19.5. The molecule has 0 bridgehead atoms. The van der Waals surface area contributed by atoms with Crippen LogP contribution >= 0.6 is 0 Å². The Bertz CT molecular complexity index is 1010. The highest BCUT2D eigenvalue weighted by Crippen LogP contribution is 2.24. The third kappa shape index (κ3) is 7.42. The Morgan fingerprint density at radius 2 is 2.00 bits per heavy atom. The second-order valence-corrected chi connectivity index (χ2v) is 9.01. The van der Waals surface area contributed by atoms with E-state index in [9.17, 15) is 9.18 Å². The molecule has 2 aromatic carbocycles. The van der Waals surface area contributed by atoms with Gasteiger partial charge in [-0.2, -0.15) is 0 Å². The Hall–Kier alpha value is -3.19. The molecular weight excluding hydrogens is 431 g/mol. The fourth-order valence-electron chi connectivity index (χ4n) is 4.54. The first kappa shape index (κ1) is 24.0. The highest BCUT2D eigenvalue weighted by Gasteiger charge is 2.31. The highest BCUT2D eigenvalue weighted by atomic mass is 19.1. The van der Waals surface area contributed by atoms with Gasteiger partial charge in [0, 0.05) is 57.1 Å². The molecule has 1 saturated heterocycles. The maximum Gasteiger partial charge on any atom is 0.224 e. The number of likely N-dealkylation sites (tertiary alicyclic amines) is 1. The molecule has 1 aliphatic heterocycles. The number of nitrogens with zero attached hydrogens (tertiary/aromatic N) is 3. The van der Waals surface area contributed by atoms with Gasteiger partial charge < -0.3 is 19.5 Å². The summed E-state index contributed by atoms with van der Waals surface area (Å²) in [5.74, 6) is 0.444.